The van der Waals surface area contributed by atoms with E-state index in [1.807, 2.05) is 30.3 Å². The van der Waals surface area contributed by atoms with Crippen LogP contribution in [0.5, 0.6) is 0 Å². The van der Waals surface area contributed by atoms with Crippen molar-refractivity contribution in [3.8, 4) is 0 Å². The third-order valence-electron chi connectivity index (χ3n) is 8.57. The largest absolute Gasteiger partial charge is 0.352 e. The number of nitrogens with one attached hydrogen (secondary N) is 1. The predicted octanol–water partition coefficient (Wildman–Crippen LogP) is 7.07. The van der Waals surface area contributed by atoms with Crippen molar-refractivity contribution >= 4 is 39.1 Å². The Morgan fingerprint density at radius 2 is 1.53 bits per heavy atom. The molecule has 1 fully saturated rings. The van der Waals surface area contributed by atoms with Gasteiger partial charge in [-0.05, 0) is 61.2 Å². The SMILES string of the molecule is Cc1ccc(Cl)cc1N(CC(=O)N(Cc1ccccc1F)C(Cc1ccccc1)C(=O)NC1CCCCC1)S(=O)(=O)c1ccccc1. The molecule has 1 atom stereocenters. The van der Waals surface area contributed by atoms with E-state index in [0.717, 1.165) is 42.0 Å². The molecule has 7 nitrogen and oxygen atoms in total. The van der Waals surface area contributed by atoms with Gasteiger partial charge in [0.05, 0.1) is 10.6 Å². The van der Waals surface area contributed by atoms with Crippen LogP contribution >= 0.6 is 11.6 Å². The Bertz CT molecular complexity index is 1780. The normalized spacial score (nSPS) is 14.3. The fourth-order valence-corrected chi connectivity index (χ4v) is 7.65. The van der Waals surface area contributed by atoms with Crippen LogP contribution in [0.3, 0.4) is 0 Å². The summed E-state index contributed by atoms with van der Waals surface area (Å²) in [5.74, 6) is -1.55. The number of aryl methyl sites for hydroxylation is 1. The molecule has 0 bridgehead atoms. The van der Waals surface area contributed by atoms with Gasteiger partial charge in [-0.1, -0.05) is 104 Å². The molecule has 5 rings (SSSR count). The zero-order valence-corrected chi connectivity index (χ0v) is 27.9. The van der Waals surface area contributed by atoms with E-state index >= 15 is 4.39 Å². The summed E-state index contributed by atoms with van der Waals surface area (Å²) in [6.45, 7) is 0.848. The van der Waals surface area contributed by atoms with Gasteiger partial charge in [-0.2, -0.15) is 0 Å². The molecule has 0 heterocycles. The number of amides is 2. The third-order valence-corrected chi connectivity index (χ3v) is 10.6. The summed E-state index contributed by atoms with van der Waals surface area (Å²) in [5, 5.41) is 3.45. The van der Waals surface area contributed by atoms with E-state index < -0.39 is 34.3 Å². The minimum atomic E-state index is -4.28. The van der Waals surface area contributed by atoms with Gasteiger partial charge in [-0.15, -0.1) is 0 Å². The lowest BCUT2D eigenvalue weighted by atomic mass is 9.94. The van der Waals surface area contributed by atoms with Gasteiger partial charge >= 0.3 is 0 Å². The summed E-state index contributed by atoms with van der Waals surface area (Å²) in [7, 11) is -4.28. The fraction of sp³-hybridized carbons (Fsp3) is 0.297. The van der Waals surface area contributed by atoms with E-state index in [2.05, 4.69) is 5.32 Å². The van der Waals surface area contributed by atoms with Crippen LogP contribution in [-0.2, 0) is 32.6 Å². The summed E-state index contributed by atoms with van der Waals surface area (Å²) < 4.78 is 44.6. The molecular weight excluding hydrogens is 637 g/mol. The monoisotopic (exact) mass is 675 g/mol. The third kappa shape index (κ3) is 8.58. The highest BCUT2D eigenvalue weighted by Gasteiger charge is 2.36. The summed E-state index contributed by atoms with van der Waals surface area (Å²) in [5.41, 5.74) is 1.83. The molecular formula is C37H39ClFN3O4S. The van der Waals surface area contributed by atoms with Gasteiger partial charge in [-0.25, -0.2) is 12.8 Å². The van der Waals surface area contributed by atoms with E-state index in [1.54, 1.807) is 55.5 Å². The van der Waals surface area contributed by atoms with Crippen molar-refractivity contribution in [3.63, 3.8) is 0 Å². The van der Waals surface area contributed by atoms with Crippen LogP contribution < -0.4 is 9.62 Å². The van der Waals surface area contributed by atoms with Crippen molar-refractivity contribution in [2.45, 2.75) is 69.0 Å². The molecule has 4 aromatic rings. The molecule has 2 amide bonds. The molecule has 1 aliphatic carbocycles. The van der Waals surface area contributed by atoms with Gasteiger partial charge in [0.15, 0.2) is 0 Å². The van der Waals surface area contributed by atoms with Gasteiger partial charge < -0.3 is 10.2 Å². The van der Waals surface area contributed by atoms with Gasteiger partial charge in [0.25, 0.3) is 10.0 Å². The molecule has 246 valence electrons. The molecule has 47 heavy (non-hydrogen) atoms. The van der Waals surface area contributed by atoms with Crippen LogP contribution in [0, 0.1) is 12.7 Å². The van der Waals surface area contributed by atoms with Crippen LogP contribution in [0.15, 0.2) is 108 Å². The molecule has 0 aromatic heterocycles. The Balaban J connectivity index is 1.59. The van der Waals surface area contributed by atoms with E-state index in [-0.39, 0.29) is 41.1 Å². The first kappa shape index (κ1) is 34.1. The standard InChI is InChI=1S/C37H39ClFN3O4S/c1-27-21-22-30(38)24-34(27)42(47(45,46)32-18-9-4-10-19-32)26-36(43)41(25-29-15-11-12-20-33(29)39)35(23-28-13-5-2-6-14-28)37(44)40-31-16-7-3-8-17-31/h2,4-6,9-15,18-22,24,31,35H,3,7-8,16-17,23,25-26H2,1H3,(H,40,44). The fourth-order valence-electron chi connectivity index (χ4n) is 5.99. The van der Waals surface area contributed by atoms with Crippen molar-refractivity contribution in [2.75, 3.05) is 10.8 Å². The molecule has 0 saturated heterocycles. The minimum absolute atomic E-state index is 0.0105. The molecule has 1 aliphatic rings. The van der Waals surface area contributed by atoms with Gasteiger partial charge in [0, 0.05) is 29.6 Å². The highest BCUT2D eigenvalue weighted by molar-refractivity contribution is 7.92. The second-order valence-electron chi connectivity index (χ2n) is 11.9. The lowest BCUT2D eigenvalue weighted by Gasteiger charge is -2.35. The Labute approximate surface area is 281 Å². The highest BCUT2D eigenvalue weighted by Crippen LogP contribution is 2.30. The summed E-state index contributed by atoms with van der Waals surface area (Å²) in [6.07, 6.45) is 4.92. The molecule has 0 aliphatic heterocycles. The molecule has 10 heteroatoms. The number of benzene rings is 4. The maximum Gasteiger partial charge on any atom is 0.264 e. The second-order valence-corrected chi connectivity index (χ2v) is 14.2. The van der Waals surface area contributed by atoms with E-state index in [0.29, 0.717) is 10.6 Å². The molecule has 1 unspecified atom stereocenters. The maximum atomic E-state index is 15.2. The number of anilines is 1. The van der Waals surface area contributed by atoms with Crippen molar-refractivity contribution in [1.82, 2.24) is 10.2 Å². The average molecular weight is 676 g/mol. The quantitative estimate of drug-likeness (QED) is 0.174. The van der Waals surface area contributed by atoms with Crippen molar-refractivity contribution in [2.24, 2.45) is 0 Å². The Hall–Kier alpha value is -4.21. The van der Waals surface area contributed by atoms with Crippen LogP contribution in [0.25, 0.3) is 0 Å². The predicted molar refractivity (Wildman–Crippen MR) is 183 cm³/mol. The summed E-state index contributed by atoms with van der Waals surface area (Å²) in [4.78, 5) is 30.1. The van der Waals surface area contributed by atoms with Crippen molar-refractivity contribution < 1.29 is 22.4 Å². The van der Waals surface area contributed by atoms with Gasteiger partial charge in [0.2, 0.25) is 11.8 Å². The maximum absolute atomic E-state index is 15.2. The molecule has 0 radical (unpaired) electrons. The molecule has 1 N–H and O–H groups in total. The number of hydrogen-bond donors (Lipinski definition) is 1. The molecule has 4 aromatic carbocycles. The van der Waals surface area contributed by atoms with Crippen molar-refractivity contribution in [3.05, 3.63) is 131 Å². The second kappa shape index (κ2) is 15.6. The Morgan fingerprint density at radius 3 is 2.21 bits per heavy atom. The molecule has 1 saturated carbocycles. The van der Waals surface area contributed by atoms with Gasteiger partial charge in [-0.3, -0.25) is 13.9 Å². The number of carbonyl (C=O) groups excluding carboxylic acids is 2. The number of carbonyl (C=O) groups is 2. The first-order chi connectivity index (χ1) is 22.6. The number of nitrogens with zero attached hydrogens (tertiary/aromatic N) is 2. The van der Waals surface area contributed by atoms with E-state index in [9.17, 15) is 18.0 Å². The van der Waals surface area contributed by atoms with Gasteiger partial charge in [0.1, 0.15) is 18.4 Å². The van der Waals surface area contributed by atoms with Crippen LogP contribution in [0.4, 0.5) is 10.1 Å². The van der Waals surface area contributed by atoms with Crippen LogP contribution in [0.2, 0.25) is 5.02 Å². The lowest BCUT2D eigenvalue weighted by Crippen LogP contribution is -2.55. The lowest BCUT2D eigenvalue weighted by molar-refractivity contribution is -0.140. The topological polar surface area (TPSA) is 86.8 Å². The number of rotatable bonds is 12. The van der Waals surface area contributed by atoms with E-state index in [4.69, 9.17) is 11.6 Å². The minimum Gasteiger partial charge on any atom is -0.352 e. The first-order valence-corrected chi connectivity index (χ1v) is 17.7. The number of sulfonamides is 1. The summed E-state index contributed by atoms with van der Waals surface area (Å²) in [6, 6.07) is 27.0. The zero-order valence-electron chi connectivity index (χ0n) is 26.3. The number of hydrogen-bond acceptors (Lipinski definition) is 4. The van der Waals surface area contributed by atoms with Crippen LogP contribution in [-0.4, -0.2) is 43.8 Å². The zero-order chi connectivity index (χ0) is 33.4. The smallest absolute Gasteiger partial charge is 0.264 e. The van der Waals surface area contributed by atoms with E-state index in [1.165, 1.54) is 29.2 Å². The number of halogens is 2. The average Bonchev–Trinajstić information content (AvgIpc) is 3.08. The summed E-state index contributed by atoms with van der Waals surface area (Å²) >= 11 is 6.34. The Morgan fingerprint density at radius 1 is 0.894 bits per heavy atom. The molecule has 0 spiro atoms. The Kier molecular flexibility index (Phi) is 11.3. The van der Waals surface area contributed by atoms with Crippen LogP contribution in [0.1, 0.15) is 48.8 Å². The highest BCUT2D eigenvalue weighted by atomic mass is 35.5. The van der Waals surface area contributed by atoms with Crippen molar-refractivity contribution in [1.29, 1.82) is 0 Å². The first-order valence-electron chi connectivity index (χ1n) is 15.8.